The number of carbonyl (C=O) groups excluding carboxylic acids is 1. The zero-order chi connectivity index (χ0) is 29.4. The van der Waals surface area contributed by atoms with Crippen LogP contribution < -0.4 is 4.74 Å². The highest BCUT2D eigenvalue weighted by Gasteiger charge is 2.09. The van der Waals surface area contributed by atoms with Crippen molar-refractivity contribution in [2.75, 3.05) is 19.8 Å². The molecule has 0 aliphatic rings. The van der Waals surface area contributed by atoms with Gasteiger partial charge >= 0.3 is 22.3 Å². The third-order valence-electron chi connectivity index (χ3n) is 3.89. The summed E-state index contributed by atoms with van der Waals surface area (Å²) < 4.78 is 42.2. The van der Waals surface area contributed by atoms with E-state index in [2.05, 4.69) is 23.8 Å². The van der Waals surface area contributed by atoms with Gasteiger partial charge in [-0.2, -0.15) is 8.42 Å². The Bertz CT molecular complexity index is 1010. The molecule has 2 aromatic rings. The van der Waals surface area contributed by atoms with Gasteiger partial charge in [0.15, 0.2) is 5.69 Å². The van der Waals surface area contributed by atoms with Crippen LogP contribution >= 0.6 is 11.6 Å². The van der Waals surface area contributed by atoms with Crippen molar-refractivity contribution in [2.45, 2.75) is 59.3 Å². The fraction of sp³-hybridized carbons (Fsp3) is 0.500. The van der Waals surface area contributed by atoms with E-state index in [1.165, 1.54) is 18.3 Å². The number of carboxylic acids is 1. The molecule has 2 aromatic heterocycles. The van der Waals surface area contributed by atoms with Gasteiger partial charge in [-0.05, 0) is 37.5 Å². The van der Waals surface area contributed by atoms with Gasteiger partial charge in [-0.1, -0.05) is 51.6 Å². The average molecular weight is 581 g/mol. The van der Waals surface area contributed by atoms with Crippen LogP contribution in [0.4, 0.5) is 0 Å². The normalized spacial score (nSPS) is 9.87. The Morgan fingerprint density at radius 3 is 1.87 bits per heavy atom. The Kier molecular flexibility index (Phi) is 22.9. The van der Waals surface area contributed by atoms with Crippen molar-refractivity contribution in [3.8, 4) is 5.75 Å². The van der Waals surface area contributed by atoms with Crippen molar-refractivity contribution in [1.82, 2.24) is 9.97 Å². The minimum Gasteiger partial charge on any atom is -0.493 e. The number of hydrogen-bond donors (Lipinski definition) is 4. The lowest BCUT2D eigenvalue weighted by molar-refractivity contribution is 0.0491. The van der Waals surface area contributed by atoms with Crippen LogP contribution in [0, 0.1) is 0 Å². The lowest BCUT2D eigenvalue weighted by atomic mass is 10.3. The fourth-order valence-electron chi connectivity index (χ4n) is 2.01. The number of unbranched alkanes of at least 4 members (excludes halogenated alkanes) is 3. The van der Waals surface area contributed by atoms with Crippen LogP contribution in [-0.2, 0) is 15.1 Å². The summed E-state index contributed by atoms with van der Waals surface area (Å²) in [5, 5.41) is 16.8. The van der Waals surface area contributed by atoms with Gasteiger partial charge in [-0.15, -0.1) is 0 Å². The van der Waals surface area contributed by atoms with Gasteiger partial charge in [0.1, 0.15) is 11.4 Å². The maximum Gasteiger partial charge on any atom is 0.394 e. The molecule has 38 heavy (non-hydrogen) atoms. The maximum atomic E-state index is 11.7. The van der Waals surface area contributed by atoms with Crippen LogP contribution in [-0.4, -0.2) is 69.5 Å². The Balaban J connectivity index is 0. The molecule has 14 heteroatoms. The summed E-state index contributed by atoms with van der Waals surface area (Å²) in [6.07, 6.45) is 8.91. The largest absolute Gasteiger partial charge is 0.493 e. The first-order chi connectivity index (χ1) is 17.9. The molecule has 0 unspecified atom stereocenters. The van der Waals surface area contributed by atoms with E-state index in [0.717, 1.165) is 38.5 Å². The number of aliphatic hydroxyl groups excluding tert-OH is 1. The van der Waals surface area contributed by atoms with Crippen molar-refractivity contribution in [2.24, 2.45) is 0 Å². The second-order valence-corrected chi connectivity index (χ2v) is 8.59. The molecule has 0 bridgehead atoms. The fourth-order valence-corrected chi connectivity index (χ4v) is 2.17. The Morgan fingerprint density at radius 1 is 0.895 bits per heavy atom. The molecule has 0 amide bonds. The molecule has 2 rings (SSSR count). The number of ether oxygens (including phenoxy) is 2. The molecule has 0 saturated carbocycles. The lowest BCUT2D eigenvalue weighted by Gasteiger charge is -2.07. The van der Waals surface area contributed by atoms with E-state index in [4.69, 9.17) is 48.8 Å². The van der Waals surface area contributed by atoms with Gasteiger partial charge in [0, 0.05) is 30.1 Å². The standard InChI is InChI=1S/C14H21NO3.C6H4ClNO2.C4H10O.H2O4S/c1-3-5-9-17-12-7-8-15-13(11-12)14(16)18-10-6-4-2;7-4-1-2-8-5(3-4)6(9)10;1-2-3-4-5;1-5(2,3)4/h7-8,11H,3-6,9-10H2,1-2H3;1-3H,(H,9,10);5H,2-4H2,1H3;(H2,1,2,3,4). The predicted molar refractivity (Wildman–Crippen MR) is 142 cm³/mol. The molecule has 0 radical (unpaired) electrons. The maximum absolute atomic E-state index is 11.7. The molecule has 0 spiro atoms. The van der Waals surface area contributed by atoms with Crippen LogP contribution in [0.25, 0.3) is 0 Å². The van der Waals surface area contributed by atoms with Gasteiger partial charge in [-0.25, -0.2) is 19.6 Å². The third-order valence-corrected chi connectivity index (χ3v) is 4.13. The molecule has 4 N–H and O–H groups in total. The number of hydrogen-bond acceptors (Lipinski definition) is 9. The van der Waals surface area contributed by atoms with E-state index in [1.54, 1.807) is 18.3 Å². The number of aliphatic hydroxyl groups is 1. The number of nitrogens with zero attached hydrogens (tertiary/aromatic N) is 2. The molecule has 0 atom stereocenters. The molecule has 0 aliphatic heterocycles. The van der Waals surface area contributed by atoms with Crippen molar-refractivity contribution in [1.29, 1.82) is 0 Å². The van der Waals surface area contributed by atoms with E-state index in [9.17, 15) is 9.59 Å². The molecule has 12 nitrogen and oxygen atoms in total. The summed E-state index contributed by atoms with van der Waals surface area (Å²) in [5.41, 5.74) is 0.271. The number of rotatable bonds is 11. The first kappa shape index (κ1) is 37.3. The van der Waals surface area contributed by atoms with Gasteiger partial charge in [0.05, 0.1) is 13.2 Å². The first-order valence-electron chi connectivity index (χ1n) is 11.8. The summed E-state index contributed by atoms with van der Waals surface area (Å²) in [6, 6.07) is 6.19. The van der Waals surface area contributed by atoms with Crippen molar-refractivity contribution in [3.05, 3.63) is 53.1 Å². The highest BCUT2D eigenvalue weighted by Crippen LogP contribution is 2.12. The SMILES string of the molecule is CCCCO.CCCCOC(=O)c1cc(OCCCC)ccn1.O=C(O)c1cc(Cl)ccn1.O=S(=O)(O)O. The van der Waals surface area contributed by atoms with Crippen LogP contribution in [0.3, 0.4) is 0 Å². The first-order valence-corrected chi connectivity index (χ1v) is 13.6. The molecule has 2 heterocycles. The van der Waals surface area contributed by atoms with Gasteiger partial charge in [0.2, 0.25) is 0 Å². The number of halogens is 1. The Morgan fingerprint density at radius 2 is 1.42 bits per heavy atom. The summed E-state index contributed by atoms with van der Waals surface area (Å²) in [4.78, 5) is 29.4. The zero-order valence-corrected chi connectivity index (χ0v) is 23.3. The monoisotopic (exact) mass is 580 g/mol. The predicted octanol–water partition coefficient (Wildman–Crippen LogP) is 4.78. The van der Waals surface area contributed by atoms with Gasteiger partial charge in [0.25, 0.3) is 0 Å². The van der Waals surface area contributed by atoms with Gasteiger partial charge in [-0.3, -0.25) is 9.11 Å². The zero-order valence-electron chi connectivity index (χ0n) is 21.7. The molecular weight excluding hydrogens is 544 g/mol. The summed E-state index contributed by atoms with van der Waals surface area (Å²) in [6.45, 7) is 7.65. The highest BCUT2D eigenvalue weighted by molar-refractivity contribution is 7.79. The van der Waals surface area contributed by atoms with E-state index in [0.29, 0.717) is 36.3 Å². The van der Waals surface area contributed by atoms with E-state index < -0.39 is 16.4 Å². The smallest absolute Gasteiger partial charge is 0.394 e. The van der Waals surface area contributed by atoms with Crippen molar-refractivity contribution < 1.29 is 46.8 Å². The molecule has 0 fully saturated rings. The molecule has 0 saturated heterocycles. The summed E-state index contributed by atoms with van der Waals surface area (Å²) in [5.74, 6) is -0.784. The van der Waals surface area contributed by atoms with E-state index in [1.807, 2.05) is 6.92 Å². The van der Waals surface area contributed by atoms with E-state index >= 15 is 0 Å². The number of carboxylic acid groups (broad SMARTS) is 1. The summed E-state index contributed by atoms with van der Waals surface area (Å²) in [7, 11) is -4.67. The third kappa shape index (κ3) is 24.8. The average Bonchev–Trinajstić information content (AvgIpc) is 2.85. The summed E-state index contributed by atoms with van der Waals surface area (Å²) >= 11 is 5.49. The minimum atomic E-state index is -4.67. The molecule has 0 aromatic carbocycles. The molecular formula is C24H37ClN2O10S. The van der Waals surface area contributed by atoms with Crippen molar-refractivity contribution >= 4 is 33.9 Å². The highest BCUT2D eigenvalue weighted by atomic mass is 35.5. The molecule has 216 valence electrons. The Hall–Kier alpha value is -2.84. The van der Waals surface area contributed by atoms with Crippen LogP contribution in [0.2, 0.25) is 5.02 Å². The Labute approximate surface area is 228 Å². The quantitative estimate of drug-likeness (QED) is 0.162. The second-order valence-electron chi connectivity index (χ2n) is 7.26. The second kappa shape index (κ2) is 23.3. The van der Waals surface area contributed by atoms with E-state index in [-0.39, 0.29) is 11.7 Å². The van der Waals surface area contributed by atoms with Crippen LogP contribution in [0.15, 0.2) is 36.7 Å². The lowest BCUT2D eigenvalue weighted by Crippen LogP contribution is -2.08. The number of esters is 1. The van der Waals surface area contributed by atoms with Crippen LogP contribution in [0.1, 0.15) is 80.3 Å². The molecule has 0 aliphatic carbocycles. The number of aromatic nitrogens is 2. The number of pyridine rings is 2. The number of carbonyl (C=O) groups is 2. The van der Waals surface area contributed by atoms with Gasteiger partial charge < -0.3 is 19.7 Å². The topological polar surface area (TPSA) is 193 Å². The number of aromatic carboxylic acids is 1. The van der Waals surface area contributed by atoms with Crippen molar-refractivity contribution in [3.63, 3.8) is 0 Å². The minimum absolute atomic E-state index is 0.0347. The van der Waals surface area contributed by atoms with Crippen LogP contribution in [0.5, 0.6) is 5.75 Å².